The molecule has 0 N–H and O–H groups in total. The second-order valence-corrected chi connectivity index (χ2v) is 8.51. The number of nitrogens with zero attached hydrogens (tertiary/aromatic N) is 2. The van der Waals surface area contributed by atoms with E-state index < -0.39 is 16.0 Å². The van der Waals surface area contributed by atoms with Gasteiger partial charge in [0.1, 0.15) is 11.5 Å². The quantitative estimate of drug-likeness (QED) is 0.674. The lowest BCUT2D eigenvalue weighted by molar-refractivity contribution is 0.0559. The minimum Gasteiger partial charge on any atom is -0.497 e. The summed E-state index contributed by atoms with van der Waals surface area (Å²) in [5, 5.41) is 0. The second-order valence-electron chi connectivity index (χ2n) is 6.57. The number of benzene rings is 1. The van der Waals surface area contributed by atoms with Crippen molar-refractivity contribution in [3.63, 3.8) is 0 Å². The van der Waals surface area contributed by atoms with Gasteiger partial charge in [0.25, 0.3) is 0 Å². The summed E-state index contributed by atoms with van der Waals surface area (Å²) < 4.78 is 42.5. The van der Waals surface area contributed by atoms with Gasteiger partial charge in [0.2, 0.25) is 15.8 Å². The summed E-state index contributed by atoms with van der Waals surface area (Å²) in [4.78, 5) is 14.0. The third kappa shape index (κ3) is 4.21. The maximum absolute atomic E-state index is 12.8. The number of rotatable bonds is 6. The number of carbonyl (C=O) groups is 1. The summed E-state index contributed by atoms with van der Waals surface area (Å²) in [5.41, 5.74) is 0.725. The summed E-state index contributed by atoms with van der Waals surface area (Å²) in [5.74, 6) is 0.977. The SMILES string of the molecule is COC(=O)c1oc(CN2CCN(S(=O)(=O)c3ccc(OC)cc3)CC2)cc1C. The van der Waals surface area contributed by atoms with Crippen molar-refractivity contribution in [2.45, 2.75) is 18.4 Å². The summed E-state index contributed by atoms with van der Waals surface area (Å²) in [7, 11) is -0.683. The van der Waals surface area contributed by atoms with E-state index in [1.165, 1.54) is 18.5 Å². The molecule has 1 fully saturated rings. The van der Waals surface area contributed by atoms with Crippen molar-refractivity contribution in [2.24, 2.45) is 0 Å². The molecule has 0 spiro atoms. The highest BCUT2D eigenvalue weighted by molar-refractivity contribution is 7.89. The minimum atomic E-state index is -3.53. The van der Waals surface area contributed by atoms with Crippen LogP contribution in [0, 0.1) is 6.92 Å². The fraction of sp³-hybridized carbons (Fsp3) is 0.421. The van der Waals surface area contributed by atoms with Crippen molar-refractivity contribution < 1.29 is 27.1 Å². The van der Waals surface area contributed by atoms with Gasteiger partial charge < -0.3 is 13.9 Å². The Morgan fingerprint density at radius 3 is 2.32 bits per heavy atom. The van der Waals surface area contributed by atoms with Crippen LogP contribution < -0.4 is 4.74 Å². The van der Waals surface area contributed by atoms with Crippen molar-refractivity contribution in [3.05, 3.63) is 47.4 Å². The number of carbonyl (C=O) groups excluding carboxylic acids is 1. The average Bonchev–Trinajstić information content (AvgIpc) is 3.07. The van der Waals surface area contributed by atoms with Gasteiger partial charge in [-0.25, -0.2) is 13.2 Å². The molecule has 0 bridgehead atoms. The molecule has 28 heavy (non-hydrogen) atoms. The van der Waals surface area contributed by atoms with Crippen LogP contribution >= 0.6 is 0 Å². The Morgan fingerprint density at radius 2 is 1.75 bits per heavy atom. The lowest BCUT2D eigenvalue weighted by Crippen LogP contribution is -2.48. The molecule has 0 atom stereocenters. The predicted octanol–water partition coefficient (Wildman–Crippen LogP) is 1.89. The van der Waals surface area contributed by atoms with E-state index in [-0.39, 0.29) is 10.7 Å². The zero-order valence-corrected chi connectivity index (χ0v) is 17.0. The number of furan rings is 1. The Hall–Kier alpha value is -2.36. The highest BCUT2D eigenvalue weighted by Crippen LogP contribution is 2.22. The maximum atomic E-state index is 12.8. The van der Waals surface area contributed by atoms with E-state index in [9.17, 15) is 13.2 Å². The van der Waals surface area contributed by atoms with Crippen LogP contribution in [0.2, 0.25) is 0 Å². The summed E-state index contributed by atoms with van der Waals surface area (Å²) >= 11 is 0. The number of ether oxygens (including phenoxy) is 2. The molecule has 2 heterocycles. The van der Waals surface area contributed by atoms with Gasteiger partial charge in [-0.05, 0) is 37.3 Å². The van der Waals surface area contributed by atoms with Gasteiger partial charge in [-0.1, -0.05) is 0 Å². The van der Waals surface area contributed by atoms with Gasteiger partial charge in [0, 0.05) is 31.7 Å². The lowest BCUT2D eigenvalue weighted by atomic mass is 10.2. The van der Waals surface area contributed by atoms with Crippen molar-refractivity contribution >= 4 is 16.0 Å². The Morgan fingerprint density at radius 1 is 1.11 bits per heavy atom. The summed E-state index contributed by atoms with van der Waals surface area (Å²) in [6.45, 7) is 4.22. The van der Waals surface area contributed by atoms with Crippen molar-refractivity contribution in [2.75, 3.05) is 40.4 Å². The first kappa shape index (κ1) is 20.4. The van der Waals surface area contributed by atoms with Gasteiger partial charge in [-0.2, -0.15) is 4.31 Å². The summed E-state index contributed by atoms with van der Waals surface area (Å²) in [6, 6.07) is 8.20. The van der Waals surface area contributed by atoms with Crippen molar-refractivity contribution in [1.29, 1.82) is 0 Å². The number of esters is 1. The van der Waals surface area contributed by atoms with Crippen LogP contribution in [0.25, 0.3) is 0 Å². The third-order valence-electron chi connectivity index (χ3n) is 4.75. The maximum Gasteiger partial charge on any atom is 0.374 e. The summed E-state index contributed by atoms with van der Waals surface area (Å²) in [6.07, 6.45) is 0. The van der Waals surface area contributed by atoms with Crippen LogP contribution in [-0.4, -0.2) is 64.0 Å². The molecule has 1 aromatic heterocycles. The molecular weight excluding hydrogens is 384 g/mol. The van der Waals surface area contributed by atoms with Gasteiger partial charge >= 0.3 is 5.97 Å². The number of hydrogen-bond donors (Lipinski definition) is 0. The predicted molar refractivity (Wildman–Crippen MR) is 102 cm³/mol. The normalized spacial score (nSPS) is 16.1. The molecule has 0 radical (unpaired) electrons. The third-order valence-corrected chi connectivity index (χ3v) is 6.66. The number of sulfonamides is 1. The molecule has 152 valence electrons. The Labute approximate surface area is 164 Å². The van der Waals surface area contributed by atoms with E-state index in [4.69, 9.17) is 13.9 Å². The van der Waals surface area contributed by atoms with Gasteiger partial charge in [0.05, 0.1) is 25.7 Å². The van der Waals surface area contributed by atoms with Crippen LogP contribution in [-0.2, 0) is 21.3 Å². The molecule has 1 aliphatic rings. The molecule has 1 aliphatic heterocycles. The van der Waals surface area contributed by atoms with Crippen LogP contribution in [0.1, 0.15) is 21.9 Å². The first-order chi connectivity index (χ1) is 13.3. The monoisotopic (exact) mass is 408 g/mol. The fourth-order valence-corrected chi connectivity index (χ4v) is 4.59. The molecule has 0 saturated carbocycles. The average molecular weight is 408 g/mol. The second kappa shape index (κ2) is 8.34. The molecule has 3 rings (SSSR count). The Balaban J connectivity index is 1.61. The zero-order valence-electron chi connectivity index (χ0n) is 16.2. The van der Waals surface area contributed by atoms with Gasteiger partial charge in [-0.3, -0.25) is 4.90 Å². The smallest absolute Gasteiger partial charge is 0.374 e. The van der Waals surface area contributed by atoms with Crippen LogP contribution in [0.5, 0.6) is 5.75 Å². The lowest BCUT2D eigenvalue weighted by Gasteiger charge is -2.33. The largest absolute Gasteiger partial charge is 0.497 e. The first-order valence-electron chi connectivity index (χ1n) is 8.89. The van der Waals surface area contributed by atoms with E-state index >= 15 is 0 Å². The van der Waals surface area contributed by atoms with Gasteiger partial charge in [0.15, 0.2) is 0 Å². The molecular formula is C19H24N2O6S. The Bertz CT molecular complexity index is 928. The fourth-order valence-electron chi connectivity index (χ4n) is 3.17. The van der Waals surface area contributed by atoms with E-state index in [0.29, 0.717) is 44.2 Å². The van der Waals surface area contributed by atoms with Crippen LogP contribution in [0.4, 0.5) is 0 Å². The molecule has 0 aliphatic carbocycles. The highest BCUT2D eigenvalue weighted by Gasteiger charge is 2.29. The van der Waals surface area contributed by atoms with E-state index in [1.54, 1.807) is 31.2 Å². The standard InChI is InChI=1S/C19H24N2O6S/c1-14-12-16(27-18(14)19(22)26-3)13-20-8-10-21(11-9-20)28(23,24)17-6-4-15(25-2)5-7-17/h4-7,12H,8-11,13H2,1-3H3. The molecule has 9 heteroatoms. The molecule has 2 aromatic rings. The van der Waals surface area contributed by atoms with E-state index in [1.807, 2.05) is 6.07 Å². The number of methoxy groups -OCH3 is 2. The zero-order chi connectivity index (χ0) is 20.3. The van der Waals surface area contributed by atoms with Crippen LogP contribution in [0.3, 0.4) is 0 Å². The molecule has 1 saturated heterocycles. The highest BCUT2D eigenvalue weighted by atomic mass is 32.2. The Kier molecular flexibility index (Phi) is 6.07. The van der Waals surface area contributed by atoms with E-state index in [0.717, 1.165) is 5.56 Å². The first-order valence-corrected chi connectivity index (χ1v) is 10.3. The molecule has 8 nitrogen and oxygen atoms in total. The topological polar surface area (TPSA) is 89.3 Å². The molecule has 0 amide bonds. The minimum absolute atomic E-state index is 0.207. The number of aryl methyl sites for hydroxylation is 1. The number of piperazine rings is 1. The molecule has 0 unspecified atom stereocenters. The van der Waals surface area contributed by atoms with Gasteiger partial charge in [-0.15, -0.1) is 0 Å². The molecule has 1 aromatic carbocycles. The number of hydrogen-bond acceptors (Lipinski definition) is 7. The van der Waals surface area contributed by atoms with Crippen molar-refractivity contribution in [3.8, 4) is 5.75 Å². The van der Waals surface area contributed by atoms with Crippen LogP contribution in [0.15, 0.2) is 39.6 Å². The van der Waals surface area contributed by atoms with Crippen molar-refractivity contribution in [1.82, 2.24) is 9.21 Å². The van der Waals surface area contributed by atoms with E-state index in [2.05, 4.69) is 4.90 Å².